The number of rotatable bonds is 2. The zero-order valence-electron chi connectivity index (χ0n) is 9.04. The number of carbonyl (C=O) groups excluding carboxylic acids is 2. The fourth-order valence-electron chi connectivity index (χ4n) is 2.49. The van der Waals surface area contributed by atoms with Crippen LogP contribution in [0.5, 0.6) is 0 Å². The largest absolute Gasteiger partial charge is 0.462 e. The molecule has 2 fully saturated rings. The number of hydrogen-bond donors (Lipinski definition) is 0. The van der Waals surface area contributed by atoms with Crippen LogP contribution in [0.25, 0.3) is 0 Å². The van der Waals surface area contributed by atoms with Crippen LogP contribution in [-0.4, -0.2) is 17.9 Å². The van der Waals surface area contributed by atoms with Gasteiger partial charge in [-0.15, -0.1) is 0 Å². The highest BCUT2D eigenvalue weighted by Gasteiger charge is 2.33. The lowest BCUT2D eigenvalue weighted by atomic mass is 9.97. The van der Waals surface area contributed by atoms with Gasteiger partial charge in [-0.25, -0.2) is 0 Å². The highest BCUT2D eigenvalue weighted by atomic mass is 16.5. The summed E-state index contributed by atoms with van der Waals surface area (Å²) in [5, 5.41) is 0. The SMILES string of the molecule is O=C1CCCC1C(=O)OC1CCCCC1. The fraction of sp³-hybridized carbons (Fsp3) is 0.833. The molecule has 1 unspecified atom stereocenters. The Morgan fingerprint density at radius 1 is 1.07 bits per heavy atom. The molecule has 2 rings (SSSR count). The predicted octanol–water partition coefficient (Wildman–Crippen LogP) is 2.23. The first-order valence-electron chi connectivity index (χ1n) is 6.00. The van der Waals surface area contributed by atoms with Crippen molar-refractivity contribution in [2.75, 3.05) is 0 Å². The van der Waals surface area contributed by atoms with Gasteiger partial charge in [-0.3, -0.25) is 9.59 Å². The summed E-state index contributed by atoms with van der Waals surface area (Å²) in [6.45, 7) is 0. The highest BCUT2D eigenvalue weighted by molar-refractivity contribution is 6.00. The van der Waals surface area contributed by atoms with Gasteiger partial charge in [0.05, 0.1) is 0 Å². The summed E-state index contributed by atoms with van der Waals surface area (Å²) in [5.41, 5.74) is 0. The van der Waals surface area contributed by atoms with Crippen LogP contribution in [0.1, 0.15) is 51.4 Å². The normalized spacial score (nSPS) is 28.0. The van der Waals surface area contributed by atoms with Gasteiger partial charge in [0.2, 0.25) is 0 Å². The Morgan fingerprint density at radius 3 is 2.40 bits per heavy atom. The van der Waals surface area contributed by atoms with Crippen molar-refractivity contribution in [2.24, 2.45) is 5.92 Å². The average Bonchev–Trinajstić information content (AvgIpc) is 2.66. The first kappa shape index (κ1) is 10.7. The van der Waals surface area contributed by atoms with E-state index in [0.29, 0.717) is 12.8 Å². The standard InChI is InChI=1S/C12H18O3/c13-11-8-4-7-10(11)12(14)15-9-5-2-1-3-6-9/h9-10H,1-8H2. The van der Waals surface area contributed by atoms with Gasteiger partial charge in [-0.1, -0.05) is 6.42 Å². The van der Waals surface area contributed by atoms with Crippen molar-refractivity contribution in [3.05, 3.63) is 0 Å². The molecule has 15 heavy (non-hydrogen) atoms. The van der Waals surface area contributed by atoms with Crippen molar-refractivity contribution < 1.29 is 14.3 Å². The monoisotopic (exact) mass is 210 g/mol. The van der Waals surface area contributed by atoms with E-state index in [4.69, 9.17) is 4.74 Å². The highest BCUT2D eigenvalue weighted by Crippen LogP contribution is 2.26. The molecule has 0 aliphatic heterocycles. The summed E-state index contributed by atoms with van der Waals surface area (Å²) in [7, 11) is 0. The van der Waals surface area contributed by atoms with Crippen molar-refractivity contribution in [1.29, 1.82) is 0 Å². The number of Topliss-reactive ketones (excluding diaryl/α,β-unsaturated/α-hetero) is 1. The van der Waals surface area contributed by atoms with Crippen LogP contribution in [0.2, 0.25) is 0 Å². The fourth-order valence-corrected chi connectivity index (χ4v) is 2.49. The second-order valence-corrected chi connectivity index (χ2v) is 4.61. The Kier molecular flexibility index (Phi) is 3.39. The number of carbonyl (C=O) groups is 2. The van der Waals surface area contributed by atoms with Gasteiger partial charge in [-0.2, -0.15) is 0 Å². The molecule has 0 aromatic carbocycles. The first-order valence-corrected chi connectivity index (χ1v) is 6.00. The van der Waals surface area contributed by atoms with Gasteiger partial charge in [0.1, 0.15) is 17.8 Å². The lowest BCUT2D eigenvalue weighted by Gasteiger charge is -2.22. The summed E-state index contributed by atoms with van der Waals surface area (Å²) in [4.78, 5) is 23.0. The van der Waals surface area contributed by atoms with E-state index in [0.717, 1.165) is 32.1 Å². The Bertz CT molecular complexity index is 254. The van der Waals surface area contributed by atoms with Crippen molar-refractivity contribution in [2.45, 2.75) is 57.5 Å². The molecule has 0 radical (unpaired) electrons. The molecular formula is C12H18O3. The van der Waals surface area contributed by atoms with E-state index in [1.54, 1.807) is 0 Å². The topological polar surface area (TPSA) is 43.4 Å². The van der Waals surface area contributed by atoms with Crippen LogP contribution >= 0.6 is 0 Å². The molecule has 2 saturated carbocycles. The average molecular weight is 210 g/mol. The molecule has 3 nitrogen and oxygen atoms in total. The zero-order valence-corrected chi connectivity index (χ0v) is 9.04. The Morgan fingerprint density at radius 2 is 1.80 bits per heavy atom. The molecule has 2 aliphatic rings. The van der Waals surface area contributed by atoms with E-state index in [-0.39, 0.29) is 17.9 Å². The minimum absolute atomic E-state index is 0.0795. The second-order valence-electron chi connectivity index (χ2n) is 4.61. The third-order valence-electron chi connectivity index (χ3n) is 3.42. The number of ether oxygens (including phenoxy) is 1. The van der Waals surface area contributed by atoms with Gasteiger partial charge in [-0.05, 0) is 38.5 Å². The molecule has 0 N–H and O–H groups in total. The van der Waals surface area contributed by atoms with Crippen molar-refractivity contribution >= 4 is 11.8 Å². The molecule has 0 amide bonds. The molecular weight excluding hydrogens is 192 g/mol. The van der Waals surface area contributed by atoms with Crippen LogP contribution in [-0.2, 0) is 14.3 Å². The molecule has 2 aliphatic carbocycles. The maximum Gasteiger partial charge on any atom is 0.316 e. The molecule has 0 heterocycles. The van der Waals surface area contributed by atoms with Crippen LogP contribution in [0, 0.1) is 5.92 Å². The molecule has 0 spiro atoms. The summed E-state index contributed by atoms with van der Waals surface area (Å²) >= 11 is 0. The van der Waals surface area contributed by atoms with Gasteiger partial charge < -0.3 is 4.74 Å². The van der Waals surface area contributed by atoms with E-state index in [1.165, 1.54) is 6.42 Å². The zero-order chi connectivity index (χ0) is 10.7. The minimum atomic E-state index is -0.438. The third kappa shape index (κ3) is 2.58. The molecule has 0 bridgehead atoms. The van der Waals surface area contributed by atoms with Crippen molar-refractivity contribution in [3.8, 4) is 0 Å². The number of esters is 1. The first-order chi connectivity index (χ1) is 7.27. The third-order valence-corrected chi connectivity index (χ3v) is 3.42. The number of hydrogen-bond acceptors (Lipinski definition) is 3. The molecule has 0 aromatic rings. The summed E-state index contributed by atoms with van der Waals surface area (Å²) in [6, 6.07) is 0. The lowest BCUT2D eigenvalue weighted by molar-refractivity contribution is -0.157. The van der Waals surface area contributed by atoms with E-state index < -0.39 is 5.92 Å². The summed E-state index contributed by atoms with van der Waals surface area (Å²) < 4.78 is 5.39. The maximum absolute atomic E-state index is 11.7. The summed E-state index contributed by atoms with van der Waals surface area (Å²) in [6.07, 6.45) is 7.70. The van der Waals surface area contributed by atoms with Gasteiger partial charge in [0.15, 0.2) is 0 Å². The molecule has 3 heteroatoms. The Labute approximate surface area is 90.2 Å². The van der Waals surface area contributed by atoms with E-state index in [9.17, 15) is 9.59 Å². The molecule has 84 valence electrons. The maximum atomic E-state index is 11.7. The van der Waals surface area contributed by atoms with Crippen LogP contribution < -0.4 is 0 Å². The van der Waals surface area contributed by atoms with Crippen molar-refractivity contribution in [3.63, 3.8) is 0 Å². The second kappa shape index (κ2) is 4.77. The quantitative estimate of drug-likeness (QED) is 0.518. The van der Waals surface area contributed by atoms with Crippen LogP contribution in [0.4, 0.5) is 0 Å². The Hall–Kier alpha value is -0.860. The smallest absolute Gasteiger partial charge is 0.316 e. The molecule has 1 atom stereocenters. The lowest BCUT2D eigenvalue weighted by Crippen LogP contribution is -2.27. The van der Waals surface area contributed by atoms with Gasteiger partial charge in [0.25, 0.3) is 0 Å². The van der Waals surface area contributed by atoms with Gasteiger partial charge in [0, 0.05) is 6.42 Å². The van der Waals surface area contributed by atoms with E-state index >= 15 is 0 Å². The number of ketones is 1. The Balaban J connectivity index is 1.82. The van der Waals surface area contributed by atoms with Crippen LogP contribution in [0.3, 0.4) is 0 Å². The van der Waals surface area contributed by atoms with Crippen molar-refractivity contribution in [1.82, 2.24) is 0 Å². The minimum Gasteiger partial charge on any atom is -0.462 e. The van der Waals surface area contributed by atoms with Gasteiger partial charge >= 0.3 is 5.97 Å². The molecule has 0 saturated heterocycles. The van der Waals surface area contributed by atoms with Crippen LogP contribution in [0.15, 0.2) is 0 Å². The predicted molar refractivity (Wildman–Crippen MR) is 55.3 cm³/mol. The summed E-state index contributed by atoms with van der Waals surface area (Å²) in [5.74, 6) is -0.618. The van der Waals surface area contributed by atoms with E-state index in [2.05, 4.69) is 0 Å². The van der Waals surface area contributed by atoms with E-state index in [1.807, 2.05) is 0 Å². The molecule has 0 aromatic heterocycles.